The van der Waals surface area contributed by atoms with E-state index < -0.39 is 0 Å². The van der Waals surface area contributed by atoms with E-state index in [4.69, 9.17) is 0 Å². The van der Waals surface area contributed by atoms with Crippen molar-refractivity contribution in [2.45, 2.75) is 19.8 Å². The van der Waals surface area contributed by atoms with Gasteiger partial charge in [-0.15, -0.1) is 0 Å². The third kappa shape index (κ3) is 3.99. The smallest absolute Gasteiger partial charge is 0.00660 e. The van der Waals surface area contributed by atoms with Crippen LogP contribution in [0.5, 0.6) is 0 Å². The predicted octanol–water partition coefficient (Wildman–Crippen LogP) is 4.79. The fourth-order valence-electron chi connectivity index (χ4n) is 2.30. The highest BCUT2D eigenvalue weighted by atomic mass is 79.9. The molecule has 0 spiro atoms. The summed E-state index contributed by atoms with van der Waals surface area (Å²) in [5, 5.41) is 1.05. The molecule has 18 heavy (non-hydrogen) atoms. The van der Waals surface area contributed by atoms with Crippen molar-refractivity contribution in [2.24, 2.45) is 5.92 Å². The van der Waals surface area contributed by atoms with E-state index in [0.29, 0.717) is 5.92 Å². The maximum absolute atomic E-state index is 3.65. The number of halogens is 1. The molecular weight excluding hydrogens is 284 g/mol. The second kappa shape index (κ2) is 6.75. The van der Waals surface area contributed by atoms with Gasteiger partial charge in [0, 0.05) is 5.33 Å². The van der Waals surface area contributed by atoms with Crippen LogP contribution in [0, 0.1) is 12.8 Å². The van der Waals surface area contributed by atoms with Crippen molar-refractivity contribution in [1.82, 2.24) is 0 Å². The van der Waals surface area contributed by atoms with Gasteiger partial charge < -0.3 is 0 Å². The van der Waals surface area contributed by atoms with Gasteiger partial charge in [-0.3, -0.25) is 0 Å². The summed E-state index contributed by atoms with van der Waals surface area (Å²) in [6.45, 7) is 2.16. The Morgan fingerprint density at radius 2 is 1.56 bits per heavy atom. The van der Waals surface area contributed by atoms with Crippen molar-refractivity contribution in [2.75, 3.05) is 5.33 Å². The van der Waals surface area contributed by atoms with Gasteiger partial charge in [0.05, 0.1) is 0 Å². The van der Waals surface area contributed by atoms with E-state index in [9.17, 15) is 0 Å². The van der Waals surface area contributed by atoms with Crippen LogP contribution in [-0.4, -0.2) is 5.33 Å². The molecule has 0 amide bonds. The lowest BCUT2D eigenvalue weighted by Gasteiger charge is -2.14. The van der Waals surface area contributed by atoms with Gasteiger partial charge in [-0.05, 0) is 36.8 Å². The molecule has 0 aliphatic heterocycles. The first-order valence-electron chi connectivity index (χ1n) is 6.43. The van der Waals surface area contributed by atoms with Crippen LogP contribution in [0.2, 0.25) is 0 Å². The zero-order chi connectivity index (χ0) is 12.8. The van der Waals surface area contributed by atoms with E-state index in [1.165, 1.54) is 16.7 Å². The molecule has 0 aliphatic carbocycles. The van der Waals surface area contributed by atoms with Crippen molar-refractivity contribution in [3.8, 4) is 0 Å². The van der Waals surface area contributed by atoms with Crippen molar-refractivity contribution >= 4 is 15.9 Å². The van der Waals surface area contributed by atoms with Crippen LogP contribution in [0.1, 0.15) is 16.7 Å². The number of rotatable bonds is 5. The van der Waals surface area contributed by atoms with Gasteiger partial charge >= 0.3 is 0 Å². The summed E-state index contributed by atoms with van der Waals surface area (Å²) >= 11 is 3.65. The third-order valence-electron chi connectivity index (χ3n) is 3.19. The van der Waals surface area contributed by atoms with Gasteiger partial charge in [0.1, 0.15) is 0 Å². The summed E-state index contributed by atoms with van der Waals surface area (Å²) in [5.74, 6) is 0.661. The van der Waals surface area contributed by atoms with Gasteiger partial charge in [-0.2, -0.15) is 0 Å². The monoisotopic (exact) mass is 302 g/mol. The Kier molecular flexibility index (Phi) is 5.00. The van der Waals surface area contributed by atoms with E-state index in [1.807, 2.05) is 0 Å². The molecule has 0 saturated carbocycles. The van der Waals surface area contributed by atoms with Crippen LogP contribution in [0.4, 0.5) is 0 Å². The number of aryl methyl sites for hydroxylation is 1. The van der Waals surface area contributed by atoms with E-state index in [0.717, 1.165) is 18.2 Å². The Balaban J connectivity index is 2.01. The predicted molar refractivity (Wildman–Crippen MR) is 82.3 cm³/mol. The molecule has 0 radical (unpaired) electrons. The summed E-state index contributed by atoms with van der Waals surface area (Å²) in [4.78, 5) is 0. The van der Waals surface area contributed by atoms with Gasteiger partial charge in [0.15, 0.2) is 0 Å². The number of hydrogen-bond acceptors (Lipinski definition) is 0. The lowest BCUT2D eigenvalue weighted by Crippen LogP contribution is -2.10. The molecule has 1 atom stereocenters. The van der Waals surface area contributed by atoms with Gasteiger partial charge in [0.2, 0.25) is 0 Å². The quantitative estimate of drug-likeness (QED) is 0.697. The fourth-order valence-corrected chi connectivity index (χ4v) is 2.76. The first-order chi connectivity index (χ1) is 8.78. The Labute approximate surface area is 118 Å². The molecule has 0 saturated heterocycles. The molecular formula is C17H19Br. The summed E-state index contributed by atoms with van der Waals surface area (Å²) in [6, 6.07) is 19.6. The standard InChI is InChI=1S/C17H19Br/c1-14-6-5-9-16(10-14)12-17(13-18)11-15-7-3-2-4-8-15/h2-10,17H,11-13H2,1H3. The Morgan fingerprint density at radius 3 is 2.22 bits per heavy atom. The van der Waals surface area contributed by atoms with Gasteiger partial charge in [0.25, 0.3) is 0 Å². The highest BCUT2D eigenvalue weighted by Crippen LogP contribution is 2.17. The maximum Gasteiger partial charge on any atom is 0.00660 e. The molecule has 0 aromatic heterocycles. The fraction of sp³-hybridized carbons (Fsp3) is 0.294. The van der Waals surface area contributed by atoms with Crippen molar-refractivity contribution in [1.29, 1.82) is 0 Å². The molecule has 1 unspecified atom stereocenters. The van der Waals surface area contributed by atoms with E-state index in [-0.39, 0.29) is 0 Å². The third-order valence-corrected chi connectivity index (χ3v) is 4.11. The second-order valence-corrected chi connectivity index (χ2v) is 5.55. The van der Waals surface area contributed by atoms with Crippen LogP contribution in [0.25, 0.3) is 0 Å². The minimum Gasteiger partial charge on any atom is -0.0925 e. The Morgan fingerprint density at radius 1 is 0.889 bits per heavy atom. The molecule has 0 N–H and O–H groups in total. The van der Waals surface area contributed by atoms with Gasteiger partial charge in [-0.25, -0.2) is 0 Å². The second-order valence-electron chi connectivity index (χ2n) is 4.90. The first kappa shape index (κ1) is 13.4. The molecule has 1 heteroatoms. The zero-order valence-corrected chi connectivity index (χ0v) is 12.4. The highest BCUT2D eigenvalue weighted by Gasteiger charge is 2.09. The van der Waals surface area contributed by atoms with Crippen LogP contribution in [0.15, 0.2) is 54.6 Å². The summed E-state index contributed by atoms with van der Waals surface area (Å²) in [6.07, 6.45) is 2.28. The van der Waals surface area contributed by atoms with Crippen molar-refractivity contribution in [3.63, 3.8) is 0 Å². The van der Waals surface area contributed by atoms with Crippen LogP contribution in [-0.2, 0) is 12.8 Å². The number of alkyl halides is 1. The summed E-state index contributed by atoms with van der Waals surface area (Å²) in [5.41, 5.74) is 4.21. The maximum atomic E-state index is 3.65. The topological polar surface area (TPSA) is 0 Å². The zero-order valence-electron chi connectivity index (χ0n) is 10.8. The Bertz CT molecular complexity index is 476. The molecule has 0 heterocycles. The van der Waals surface area contributed by atoms with Crippen LogP contribution >= 0.6 is 15.9 Å². The largest absolute Gasteiger partial charge is 0.0925 e. The Hall–Kier alpha value is -1.08. The molecule has 0 bridgehead atoms. The molecule has 0 fully saturated rings. The minimum atomic E-state index is 0.661. The number of hydrogen-bond donors (Lipinski definition) is 0. The van der Waals surface area contributed by atoms with Crippen LogP contribution in [0.3, 0.4) is 0 Å². The summed E-state index contributed by atoms with van der Waals surface area (Å²) < 4.78 is 0. The molecule has 0 nitrogen and oxygen atoms in total. The molecule has 94 valence electrons. The van der Waals surface area contributed by atoms with Crippen molar-refractivity contribution < 1.29 is 0 Å². The molecule has 2 rings (SSSR count). The minimum absolute atomic E-state index is 0.661. The average Bonchev–Trinajstić information content (AvgIpc) is 2.39. The van der Waals surface area contributed by atoms with E-state index in [1.54, 1.807) is 0 Å². The first-order valence-corrected chi connectivity index (χ1v) is 7.55. The summed E-state index contributed by atoms with van der Waals surface area (Å²) in [7, 11) is 0. The van der Waals surface area contributed by atoms with E-state index in [2.05, 4.69) is 77.5 Å². The SMILES string of the molecule is Cc1cccc(CC(CBr)Cc2ccccc2)c1. The highest BCUT2D eigenvalue weighted by molar-refractivity contribution is 9.09. The molecule has 0 aliphatic rings. The van der Waals surface area contributed by atoms with Crippen molar-refractivity contribution in [3.05, 3.63) is 71.3 Å². The lowest BCUT2D eigenvalue weighted by molar-refractivity contribution is 0.591. The molecule has 2 aromatic rings. The van der Waals surface area contributed by atoms with Crippen LogP contribution < -0.4 is 0 Å². The number of benzene rings is 2. The average molecular weight is 303 g/mol. The van der Waals surface area contributed by atoms with E-state index >= 15 is 0 Å². The molecule has 2 aromatic carbocycles. The van der Waals surface area contributed by atoms with Gasteiger partial charge in [-0.1, -0.05) is 76.1 Å². The normalized spacial score (nSPS) is 12.3. The lowest BCUT2D eigenvalue weighted by atomic mass is 9.94.